The highest BCUT2D eigenvalue weighted by atomic mass is 16.5. The van der Waals surface area contributed by atoms with Crippen molar-refractivity contribution in [2.75, 3.05) is 26.2 Å². The molecule has 4 heteroatoms. The number of aromatic nitrogens is 2. The second-order valence-electron chi connectivity index (χ2n) is 4.98. The van der Waals surface area contributed by atoms with E-state index in [1.54, 1.807) is 0 Å². The lowest BCUT2D eigenvalue weighted by Crippen LogP contribution is -2.32. The van der Waals surface area contributed by atoms with Crippen LogP contribution in [0.5, 0.6) is 0 Å². The van der Waals surface area contributed by atoms with Crippen molar-refractivity contribution in [3.63, 3.8) is 0 Å². The summed E-state index contributed by atoms with van der Waals surface area (Å²) in [4.78, 5) is 6.97. The lowest BCUT2D eigenvalue weighted by Gasteiger charge is -2.26. The zero-order valence-corrected chi connectivity index (χ0v) is 11.6. The predicted molar refractivity (Wildman–Crippen MR) is 72.6 cm³/mol. The van der Waals surface area contributed by atoms with Crippen LogP contribution in [0.1, 0.15) is 45.0 Å². The van der Waals surface area contributed by atoms with E-state index in [2.05, 4.69) is 27.6 Å². The van der Waals surface area contributed by atoms with Crippen molar-refractivity contribution in [3.8, 4) is 0 Å². The summed E-state index contributed by atoms with van der Waals surface area (Å²) in [5, 5.41) is 0. The van der Waals surface area contributed by atoms with Gasteiger partial charge in [0.1, 0.15) is 11.9 Å². The third-order valence-corrected chi connectivity index (χ3v) is 3.63. The molecule has 0 radical (unpaired) electrons. The Morgan fingerprint density at radius 3 is 2.78 bits per heavy atom. The second kappa shape index (κ2) is 6.90. The monoisotopic (exact) mass is 251 g/mol. The zero-order valence-electron chi connectivity index (χ0n) is 11.6. The molecule has 0 aliphatic carbocycles. The molecule has 1 aromatic heterocycles. The highest BCUT2D eigenvalue weighted by molar-refractivity contribution is 4.96. The molecule has 0 bridgehead atoms. The SMILES string of the molecule is CCO[C@H](C)c1nccn1CCN1CCCCC1. The molecule has 1 aliphatic rings. The Morgan fingerprint density at radius 1 is 1.28 bits per heavy atom. The van der Waals surface area contributed by atoms with Crippen LogP contribution in [0, 0.1) is 0 Å². The van der Waals surface area contributed by atoms with Crippen LogP contribution in [0.2, 0.25) is 0 Å². The van der Waals surface area contributed by atoms with Gasteiger partial charge in [0.25, 0.3) is 0 Å². The summed E-state index contributed by atoms with van der Waals surface area (Å²) >= 11 is 0. The van der Waals surface area contributed by atoms with Crippen LogP contribution >= 0.6 is 0 Å². The first-order valence-corrected chi connectivity index (χ1v) is 7.16. The summed E-state index contributed by atoms with van der Waals surface area (Å²) in [6, 6.07) is 0. The Bertz CT molecular complexity index is 345. The van der Waals surface area contributed by atoms with Gasteiger partial charge in [-0.25, -0.2) is 4.98 Å². The number of ether oxygens (including phenoxy) is 1. The fourth-order valence-corrected chi connectivity index (χ4v) is 2.62. The number of nitrogens with zero attached hydrogens (tertiary/aromatic N) is 3. The zero-order chi connectivity index (χ0) is 12.8. The van der Waals surface area contributed by atoms with Gasteiger partial charge in [-0.1, -0.05) is 6.42 Å². The van der Waals surface area contributed by atoms with Crippen LogP contribution in [0.4, 0.5) is 0 Å². The molecule has 18 heavy (non-hydrogen) atoms. The molecule has 4 nitrogen and oxygen atoms in total. The molecule has 1 atom stereocenters. The predicted octanol–water partition coefficient (Wildman–Crippen LogP) is 2.47. The van der Waals surface area contributed by atoms with Gasteiger partial charge in [0, 0.05) is 32.1 Å². The first-order chi connectivity index (χ1) is 8.81. The Labute approximate surface area is 110 Å². The molecule has 2 rings (SSSR count). The lowest BCUT2D eigenvalue weighted by atomic mass is 10.1. The number of hydrogen-bond donors (Lipinski definition) is 0. The average molecular weight is 251 g/mol. The number of piperidine rings is 1. The van der Waals surface area contributed by atoms with Crippen LogP contribution in [0.3, 0.4) is 0 Å². The van der Waals surface area contributed by atoms with Crippen LogP contribution < -0.4 is 0 Å². The van der Waals surface area contributed by atoms with E-state index in [0.717, 1.165) is 25.5 Å². The quantitative estimate of drug-likeness (QED) is 0.778. The van der Waals surface area contributed by atoms with Crippen molar-refractivity contribution < 1.29 is 4.74 Å². The van der Waals surface area contributed by atoms with E-state index in [1.165, 1.54) is 32.4 Å². The van der Waals surface area contributed by atoms with Crippen molar-refractivity contribution in [3.05, 3.63) is 18.2 Å². The summed E-state index contributed by atoms with van der Waals surface area (Å²) in [7, 11) is 0. The van der Waals surface area contributed by atoms with E-state index < -0.39 is 0 Å². The largest absolute Gasteiger partial charge is 0.371 e. The smallest absolute Gasteiger partial charge is 0.137 e. The molecular weight excluding hydrogens is 226 g/mol. The second-order valence-corrected chi connectivity index (χ2v) is 4.98. The van der Waals surface area contributed by atoms with Gasteiger partial charge in [0.15, 0.2) is 0 Å². The molecule has 1 fully saturated rings. The van der Waals surface area contributed by atoms with E-state index in [9.17, 15) is 0 Å². The Morgan fingerprint density at radius 2 is 2.06 bits per heavy atom. The van der Waals surface area contributed by atoms with Gasteiger partial charge in [-0.2, -0.15) is 0 Å². The van der Waals surface area contributed by atoms with E-state index in [0.29, 0.717) is 0 Å². The van der Waals surface area contributed by atoms with E-state index >= 15 is 0 Å². The molecule has 0 aromatic carbocycles. The molecule has 0 spiro atoms. The van der Waals surface area contributed by atoms with Crippen LogP contribution in [-0.2, 0) is 11.3 Å². The number of imidazole rings is 1. The minimum absolute atomic E-state index is 0.0892. The molecule has 0 unspecified atom stereocenters. The van der Waals surface area contributed by atoms with Crippen molar-refractivity contribution in [2.45, 2.75) is 45.8 Å². The number of hydrogen-bond acceptors (Lipinski definition) is 3. The lowest BCUT2D eigenvalue weighted by molar-refractivity contribution is 0.0668. The summed E-state index contributed by atoms with van der Waals surface area (Å²) in [6.45, 7) is 9.49. The molecule has 1 saturated heterocycles. The Balaban J connectivity index is 1.86. The van der Waals surface area contributed by atoms with Gasteiger partial charge in [0.2, 0.25) is 0 Å². The normalized spacial score (nSPS) is 19.0. The van der Waals surface area contributed by atoms with E-state index in [1.807, 2.05) is 13.1 Å². The van der Waals surface area contributed by atoms with Gasteiger partial charge in [-0.05, 0) is 39.8 Å². The molecule has 0 amide bonds. The highest BCUT2D eigenvalue weighted by Crippen LogP contribution is 2.15. The van der Waals surface area contributed by atoms with Crippen LogP contribution in [-0.4, -0.2) is 40.7 Å². The third-order valence-electron chi connectivity index (χ3n) is 3.63. The van der Waals surface area contributed by atoms with Crippen molar-refractivity contribution in [1.29, 1.82) is 0 Å². The Kier molecular flexibility index (Phi) is 5.20. The molecule has 2 heterocycles. The molecular formula is C14H25N3O. The first kappa shape index (κ1) is 13.6. The fourth-order valence-electron chi connectivity index (χ4n) is 2.62. The average Bonchev–Trinajstić information content (AvgIpc) is 2.86. The summed E-state index contributed by atoms with van der Waals surface area (Å²) in [5.41, 5.74) is 0. The van der Waals surface area contributed by atoms with Crippen LogP contribution in [0.15, 0.2) is 12.4 Å². The maximum Gasteiger partial charge on any atom is 0.137 e. The van der Waals surface area contributed by atoms with Crippen molar-refractivity contribution in [2.24, 2.45) is 0 Å². The molecule has 0 N–H and O–H groups in total. The topological polar surface area (TPSA) is 30.3 Å². The van der Waals surface area contributed by atoms with Gasteiger partial charge in [-0.3, -0.25) is 0 Å². The molecule has 0 saturated carbocycles. The van der Waals surface area contributed by atoms with Crippen molar-refractivity contribution >= 4 is 0 Å². The van der Waals surface area contributed by atoms with Gasteiger partial charge < -0.3 is 14.2 Å². The van der Waals surface area contributed by atoms with Gasteiger partial charge in [0.05, 0.1) is 0 Å². The molecule has 1 aliphatic heterocycles. The molecule has 102 valence electrons. The minimum Gasteiger partial charge on any atom is -0.371 e. The summed E-state index contributed by atoms with van der Waals surface area (Å²) in [5.74, 6) is 1.05. The van der Waals surface area contributed by atoms with Crippen LogP contribution in [0.25, 0.3) is 0 Å². The first-order valence-electron chi connectivity index (χ1n) is 7.16. The summed E-state index contributed by atoms with van der Waals surface area (Å²) in [6.07, 6.45) is 8.13. The fraction of sp³-hybridized carbons (Fsp3) is 0.786. The molecule has 1 aromatic rings. The van der Waals surface area contributed by atoms with Gasteiger partial charge >= 0.3 is 0 Å². The van der Waals surface area contributed by atoms with Gasteiger partial charge in [-0.15, -0.1) is 0 Å². The maximum atomic E-state index is 5.62. The minimum atomic E-state index is 0.0892. The van der Waals surface area contributed by atoms with E-state index in [4.69, 9.17) is 4.74 Å². The Hall–Kier alpha value is -0.870. The third kappa shape index (κ3) is 3.56. The maximum absolute atomic E-state index is 5.62. The van der Waals surface area contributed by atoms with Crippen molar-refractivity contribution in [1.82, 2.24) is 14.5 Å². The highest BCUT2D eigenvalue weighted by Gasteiger charge is 2.14. The number of likely N-dealkylation sites (tertiary alicyclic amines) is 1. The van der Waals surface area contributed by atoms with E-state index in [-0.39, 0.29) is 6.10 Å². The number of rotatable bonds is 6. The summed E-state index contributed by atoms with van der Waals surface area (Å²) < 4.78 is 7.85. The standard InChI is InChI=1S/C14H25N3O/c1-3-18-13(2)14-15-7-10-17(14)12-11-16-8-5-4-6-9-16/h7,10,13H,3-6,8-9,11-12H2,1-2H3/t13-/m1/s1.